The summed E-state index contributed by atoms with van der Waals surface area (Å²) < 4.78 is 25.3. The minimum Gasteiger partial charge on any atom is -0.392 e. The first-order chi connectivity index (χ1) is 16.7. The Kier molecular flexibility index (Phi) is 9.23. The van der Waals surface area contributed by atoms with Crippen LogP contribution in [0.25, 0.3) is 0 Å². The number of hydrogen-bond acceptors (Lipinski definition) is 5. The second kappa shape index (κ2) is 11.8. The summed E-state index contributed by atoms with van der Waals surface area (Å²) in [6, 6.07) is 0. The Labute approximate surface area is 217 Å². The van der Waals surface area contributed by atoms with Gasteiger partial charge < -0.3 is 25.2 Å². The van der Waals surface area contributed by atoms with Crippen molar-refractivity contribution in [3.8, 4) is 0 Å². The van der Waals surface area contributed by atoms with Crippen LogP contribution >= 0.6 is 23.2 Å². The standard InChI is InChI=1S/C25H39Cl2FN2O5/c26-16-1-3-17(4-2-16)34-12-11-29-23(33)25-9-7-24(8-10-25,14-21(25)31)30-22(32)15-35-18-5-6-19(27)20(28)13-18/h16-21,31H,1-15H2,(H,29,33)(H,30,32). The molecule has 5 saturated carbocycles. The number of aliphatic hydroxyl groups excluding tert-OH is 1. The number of hydrogen-bond donors (Lipinski definition) is 3. The fraction of sp³-hybridized carbons (Fsp3) is 0.920. The van der Waals surface area contributed by atoms with Crippen molar-refractivity contribution < 1.29 is 28.6 Å². The van der Waals surface area contributed by atoms with Crippen molar-refractivity contribution in [2.45, 2.75) is 118 Å². The van der Waals surface area contributed by atoms with E-state index >= 15 is 0 Å². The Hall–Kier alpha value is -0.670. The molecule has 4 unspecified atom stereocenters. The number of halogens is 3. The lowest BCUT2D eigenvalue weighted by atomic mass is 9.55. The smallest absolute Gasteiger partial charge is 0.246 e. The van der Waals surface area contributed by atoms with Crippen LogP contribution in [0.2, 0.25) is 0 Å². The first-order valence-corrected chi connectivity index (χ1v) is 14.0. The summed E-state index contributed by atoms with van der Waals surface area (Å²) in [4.78, 5) is 25.6. The summed E-state index contributed by atoms with van der Waals surface area (Å²) in [6.45, 7) is 0.726. The Morgan fingerprint density at radius 3 is 2.31 bits per heavy atom. The molecule has 0 spiro atoms. The first-order valence-electron chi connectivity index (χ1n) is 13.1. The zero-order valence-corrected chi connectivity index (χ0v) is 21.8. The van der Waals surface area contributed by atoms with E-state index in [4.69, 9.17) is 32.7 Å². The molecule has 200 valence electrons. The van der Waals surface area contributed by atoms with Crippen molar-refractivity contribution in [3.63, 3.8) is 0 Å². The lowest BCUT2D eigenvalue weighted by Crippen LogP contribution is -2.65. The van der Waals surface area contributed by atoms with Crippen molar-refractivity contribution in [3.05, 3.63) is 0 Å². The molecule has 5 aliphatic rings. The zero-order valence-electron chi connectivity index (χ0n) is 20.3. The average molecular weight is 538 g/mol. The minimum absolute atomic E-state index is 0.128. The van der Waals surface area contributed by atoms with E-state index in [0.29, 0.717) is 58.1 Å². The molecule has 0 aliphatic heterocycles. The Morgan fingerprint density at radius 2 is 1.66 bits per heavy atom. The molecular weight excluding hydrogens is 498 g/mol. The van der Waals surface area contributed by atoms with Gasteiger partial charge in [0.25, 0.3) is 0 Å². The highest BCUT2D eigenvalue weighted by Crippen LogP contribution is 2.52. The van der Waals surface area contributed by atoms with Crippen LogP contribution in [0.5, 0.6) is 0 Å². The maximum atomic E-state index is 13.8. The molecule has 5 aliphatic carbocycles. The lowest BCUT2D eigenvalue weighted by Gasteiger charge is -2.55. The molecule has 35 heavy (non-hydrogen) atoms. The zero-order chi connectivity index (χ0) is 25.1. The van der Waals surface area contributed by atoms with Crippen LogP contribution in [0, 0.1) is 5.41 Å². The second-order valence-electron chi connectivity index (χ2n) is 11.0. The van der Waals surface area contributed by atoms with Gasteiger partial charge in [0.2, 0.25) is 11.8 Å². The molecule has 0 aromatic heterocycles. The monoisotopic (exact) mass is 536 g/mol. The predicted molar refractivity (Wildman–Crippen MR) is 131 cm³/mol. The summed E-state index contributed by atoms with van der Waals surface area (Å²) in [7, 11) is 0. The van der Waals surface area contributed by atoms with Crippen molar-refractivity contribution in [1.29, 1.82) is 0 Å². The fourth-order valence-corrected chi connectivity index (χ4v) is 6.79. The molecular formula is C25H39Cl2FN2O5. The molecule has 5 fully saturated rings. The number of carbonyl (C=O) groups is 2. The van der Waals surface area contributed by atoms with Crippen molar-refractivity contribution >= 4 is 35.0 Å². The largest absolute Gasteiger partial charge is 0.392 e. The number of nitrogens with one attached hydrogen (secondary N) is 2. The van der Waals surface area contributed by atoms with E-state index < -0.39 is 28.6 Å². The molecule has 2 bridgehead atoms. The molecule has 0 aromatic carbocycles. The Balaban J connectivity index is 1.18. The van der Waals surface area contributed by atoms with Gasteiger partial charge in [-0.1, -0.05) is 0 Å². The molecule has 0 aromatic rings. The van der Waals surface area contributed by atoms with E-state index in [1.807, 2.05) is 0 Å². The molecule has 0 heterocycles. The van der Waals surface area contributed by atoms with Gasteiger partial charge >= 0.3 is 0 Å². The van der Waals surface area contributed by atoms with Crippen LogP contribution in [-0.2, 0) is 19.1 Å². The van der Waals surface area contributed by atoms with Gasteiger partial charge in [-0.25, -0.2) is 4.39 Å². The highest BCUT2D eigenvalue weighted by atomic mass is 35.5. The summed E-state index contributed by atoms with van der Waals surface area (Å²) >= 11 is 12.0. The molecule has 3 N–H and O–H groups in total. The van der Waals surface area contributed by atoms with E-state index in [1.54, 1.807) is 0 Å². The normalized spacial score (nSPS) is 41.4. The third-order valence-electron chi connectivity index (χ3n) is 8.62. The van der Waals surface area contributed by atoms with Gasteiger partial charge in [0.1, 0.15) is 12.8 Å². The average Bonchev–Trinajstić information content (AvgIpc) is 2.84. The van der Waals surface area contributed by atoms with Gasteiger partial charge in [-0.15, -0.1) is 23.2 Å². The van der Waals surface area contributed by atoms with Gasteiger partial charge in [0.15, 0.2) is 0 Å². The molecule has 4 atom stereocenters. The van der Waals surface area contributed by atoms with Crippen LogP contribution in [-0.4, -0.2) is 77.5 Å². The van der Waals surface area contributed by atoms with E-state index in [1.165, 1.54) is 0 Å². The fourth-order valence-electron chi connectivity index (χ4n) is 6.31. The van der Waals surface area contributed by atoms with Crippen molar-refractivity contribution in [2.24, 2.45) is 5.41 Å². The second-order valence-corrected chi connectivity index (χ2v) is 12.2. The number of rotatable bonds is 9. The van der Waals surface area contributed by atoms with Crippen molar-refractivity contribution in [2.75, 3.05) is 19.8 Å². The van der Waals surface area contributed by atoms with E-state index in [-0.39, 0.29) is 42.4 Å². The van der Waals surface area contributed by atoms with Crippen LogP contribution in [0.4, 0.5) is 4.39 Å². The van der Waals surface area contributed by atoms with E-state index in [2.05, 4.69) is 10.6 Å². The summed E-state index contributed by atoms with van der Waals surface area (Å²) in [5.41, 5.74) is -1.33. The highest BCUT2D eigenvalue weighted by Gasteiger charge is 2.58. The van der Waals surface area contributed by atoms with E-state index in [0.717, 1.165) is 25.7 Å². The van der Waals surface area contributed by atoms with Crippen LogP contribution in [0.1, 0.15) is 77.0 Å². The molecule has 2 amide bonds. The topological polar surface area (TPSA) is 96.9 Å². The van der Waals surface area contributed by atoms with Crippen LogP contribution < -0.4 is 10.6 Å². The van der Waals surface area contributed by atoms with Gasteiger partial charge in [-0.05, 0) is 70.6 Å². The van der Waals surface area contributed by atoms with E-state index in [9.17, 15) is 19.1 Å². The molecule has 10 heteroatoms. The van der Waals surface area contributed by atoms with Crippen LogP contribution in [0.15, 0.2) is 0 Å². The Morgan fingerprint density at radius 1 is 0.971 bits per heavy atom. The number of fused-ring (bicyclic) bond motifs is 3. The van der Waals surface area contributed by atoms with Gasteiger partial charge in [-0.2, -0.15) is 0 Å². The SMILES string of the molecule is O=C(COC1CCC(Cl)C(F)C1)NC12CCC(C(=O)NCCOC3CCC(Cl)CC3)(CC1)C(O)C2. The van der Waals surface area contributed by atoms with Gasteiger partial charge in [0.05, 0.1) is 35.7 Å². The third-order valence-corrected chi connectivity index (χ3v) is 9.55. The number of carbonyl (C=O) groups excluding carboxylic acids is 2. The number of aliphatic hydroxyl groups is 1. The minimum atomic E-state index is -1.11. The summed E-state index contributed by atoms with van der Waals surface area (Å²) in [5.74, 6) is -0.392. The molecule has 5 rings (SSSR count). The van der Waals surface area contributed by atoms with Crippen molar-refractivity contribution in [1.82, 2.24) is 10.6 Å². The quantitative estimate of drug-likeness (QED) is 0.310. The number of ether oxygens (including phenoxy) is 2. The Bertz CT molecular complexity index is 743. The molecule has 7 nitrogen and oxygen atoms in total. The highest BCUT2D eigenvalue weighted by molar-refractivity contribution is 6.21. The number of amides is 2. The van der Waals surface area contributed by atoms with Gasteiger partial charge in [0, 0.05) is 23.9 Å². The maximum Gasteiger partial charge on any atom is 0.246 e. The van der Waals surface area contributed by atoms with Crippen LogP contribution in [0.3, 0.4) is 0 Å². The predicted octanol–water partition coefficient (Wildman–Crippen LogP) is 3.36. The maximum absolute atomic E-state index is 13.8. The number of alkyl halides is 3. The third kappa shape index (κ3) is 6.61. The summed E-state index contributed by atoms with van der Waals surface area (Å²) in [6.07, 6.45) is 5.83. The molecule has 0 radical (unpaired) electrons. The lowest BCUT2D eigenvalue weighted by molar-refractivity contribution is -0.157. The van der Waals surface area contributed by atoms with Gasteiger partial charge in [-0.3, -0.25) is 9.59 Å². The summed E-state index contributed by atoms with van der Waals surface area (Å²) in [5, 5.41) is 16.7. The first kappa shape index (κ1) is 27.4. The molecule has 0 saturated heterocycles.